The van der Waals surface area contributed by atoms with E-state index in [0.717, 1.165) is 5.69 Å². The molecule has 0 aliphatic rings. The summed E-state index contributed by atoms with van der Waals surface area (Å²) in [5, 5.41) is 6.95. The molecule has 0 atom stereocenters. The highest BCUT2D eigenvalue weighted by Gasteiger charge is 2.14. The number of rotatable bonds is 7. The fraction of sp³-hybridized carbons (Fsp3) is 0.190. The van der Waals surface area contributed by atoms with E-state index in [0.29, 0.717) is 29.3 Å². The number of carbonyl (C=O) groups is 1. The summed E-state index contributed by atoms with van der Waals surface area (Å²) >= 11 is 1.51. The fourth-order valence-electron chi connectivity index (χ4n) is 2.65. The minimum atomic E-state index is -0.513. The Kier molecular flexibility index (Phi) is 6.60. The van der Waals surface area contributed by atoms with Gasteiger partial charge in [-0.05, 0) is 30.7 Å². The minimum absolute atomic E-state index is 0.145. The van der Waals surface area contributed by atoms with Gasteiger partial charge in [0.1, 0.15) is 5.82 Å². The van der Waals surface area contributed by atoms with Gasteiger partial charge in [0.05, 0.1) is 5.69 Å². The largest absolute Gasteiger partial charge is 0.350 e. The van der Waals surface area contributed by atoms with E-state index in [9.17, 15) is 14.0 Å². The van der Waals surface area contributed by atoms with Crippen molar-refractivity contribution < 1.29 is 9.18 Å². The third-order valence-electron chi connectivity index (χ3n) is 4.07. The average molecular weight is 397 g/mol. The second kappa shape index (κ2) is 9.32. The van der Waals surface area contributed by atoms with E-state index < -0.39 is 11.3 Å². The molecule has 1 heterocycles. The third-order valence-corrected chi connectivity index (χ3v) is 5.08. The van der Waals surface area contributed by atoms with Gasteiger partial charge in [-0.3, -0.25) is 9.59 Å². The zero-order chi connectivity index (χ0) is 19.9. The molecule has 0 aliphatic carbocycles. The van der Waals surface area contributed by atoms with Crippen LogP contribution in [0.4, 0.5) is 4.39 Å². The van der Waals surface area contributed by atoms with Gasteiger partial charge in [0.25, 0.3) is 5.91 Å². The van der Waals surface area contributed by atoms with Crippen molar-refractivity contribution >= 4 is 17.7 Å². The lowest BCUT2D eigenvalue weighted by Gasteiger charge is -2.11. The van der Waals surface area contributed by atoms with E-state index in [2.05, 4.69) is 10.4 Å². The SMILES string of the molecule is Cc1cc(=O)c(C(=O)NCCSCc2ccccc2F)nn1-c1ccccc1. The number of benzene rings is 2. The van der Waals surface area contributed by atoms with Gasteiger partial charge in [-0.2, -0.15) is 16.9 Å². The Labute approximate surface area is 166 Å². The third kappa shape index (κ3) is 4.86. The number of halogens is 1. The van der Waals surface area contributed by atoms with E-state index >= 15 is 0 Å². The van der Waals surface area contributed by atoms with Gasteiger partial charge in [0.2, 0.25) is 5.43 Å². The van der Waals surface area contributed by atoms with E-state index in [1.54, 1.807) is 29.8 Å². The lowest BCUT2D eigenvalue weighted by Crippen LogP contribution is -2.33. The van der Waals surface area contributed by atoms with Crippen LogP contribution < -0.4 is 10.7 Å². The van der Waals surface area contributed by atoms with Crippen LogP contribution >= 0.6 is 11.8 Å². The van der Waals surface area contributed by atoms with Crippen molar-refractivity contribution in [3.05, 3.63) is 93.7 Å². The van der Waals surface area contributed by atoms with Crippen LogP contribution in [0.3, 0.4) is 0 Å². The quantitative estimate of drug-likeness (QED) is 0.621. The van der Waals surface area contributed by atoms with E-state index in [1.807, 2.05) is 30.3 Å². The van der Waals surface area contributed by atoms with Crippen molar-refractivity contribution in [2.75, 3.05) is 12.3 Å². The lowest BCUT2D eigenvalue weighted by molar-refractivity contribution is 0.0948. The Morgan fingerprint density at radius 3 is 2.61 bits per heavy atom. The number of aromatic nitrogens is 2. The molecular weight excluding hydrogens is 377 g/mol. The van der Waals surface area contributed by atoms with Crippen LogP contribution in [-0.4, -0.2) is 28.0 Å². The predicted molar refractivity (Wildman–Crippen MR) is 109 cm³/mol. The normalized spacial score (nSPS) is 10.6. The number of hydrogen-bond donors (Lipinski definition) is 1. The monoisotopic (exact) mass is 397 g/mol. The Morgan fingerprint density at radius 2 is 1.86 bits per heavy atom. The van der Waals surface area contributed by atoms with Gasteiger partial charge in [0, 0.05) is 29.8 Å². The van der Waals surface area contributed by atoms with Gasteiger partial charge < -0.3 is 5.32 Å². The maximum atomic E-state index is 13.6. The fourth-order valence-corrected chi connectivity index (χ4v) is 3.50. The number of hydrogen-bond acceptors (Lipinski definition) is 4. The van der Waals surface area contributed by atoms with Crippen LogP contribution in [-0.2, 0) is 5.75 Å². The number of thioether (sulfide) groups is 1. The molecule has 1 aromatic heterocycles. The van der Waals surface area contributed by atoms with Crippen LogP contribution in [0.1, 0.15) is 21.7 Å². The molecule has 5 nitrogen and oxygen atoms in total. The van der Waals surface area contributed by atoms with Crippen LogP contribution in [0.5, 0.6) is 0 Å². The average Bonchev–Trinajstić information content (AvgIpc) is 2.69. The van der Waals surface area contributed by atoms with E-state index in [-0.39, 0.29) is 11.5 Å². The highest BCUT2D eigenvalue weighted by Crippen LogP contribution is 2.14. The first kappa shape index (κ1) is 19.8. The van der Waals surface area contributed by atoms with Crippen LogP contribution in [0.2, 0.25) is 0 Å². The summed E-state index contributed by atoms with van der Waals surface area (Å²) in [6.07, 6.45) is 0. The second-order valence-electron chi connectivity index (χ2n) is 6.15. The van der Waals surface area contributed by atoms with Crippen molar-refractivity contribution in [3.8, 4) is 5.69 Å². The Bertz CT molecular complexity index is 1020. The number of para-hydroxylation sites is 1. The standard InChI is InChI=1S/C21H20FN3O2S/c1-15-13-19(26)20(24-25(15)17-8-3-2-4-9-17)21(27)23-11-12-28-14-16-7-5-6-10-18(16)22/h2-10,13H,11-12,14H2,1H3,(H,23,27). The van der Waals surface area contributed by atoms with Crippen LogP contribution in [0.25, 0.3) is 5.69 Å². The van der Waals surface area contributed by atoms with Crippen molar-refractivity contribution in [2.45, 2.75) is 12.7 Å². The van der Waals surface area contributed by atoms with Crippen LogP contribution in [0, 0.1) is 12.7 Å². The predicted octanol–water partition coefficient (Wildman–Crippen LogP) is 3.34. The van der Waals surface area contributed by atoms with Gasteiger partial charge in [0.15, 0.2) is 5.69 Å². The first-order valence-electron chi connectivity index (χ1n) is 8.82. The maximum Gasteiger partial charge on any atom is 0.275 e. The van der Waals surface area contributed by atoms with Crippen molar-refractivity contribution in [1.82, 2.24) is 15.1 Å². The molecule has 0 spiro atoms. The number of nitrogens with one attached hydrogen (secondary N) is 1. The number of amides is 1. The summed E-state index contributed by atoms with van der Waals surface area (Å²) in [6, 6.07) is 17.3. The first-order valence-corrected chi connectivity index (χ1v) is 9.97. The molecule has 3 rings (SSSR count). The highest BCUT2D eigenvalue weighted by atomic mass is 32.2. The number of carbonyl (C=O) groups excluding carboxylic acids is 1. The summed E-state index contributed by atoms with van der Waals surface area (Å²) in [7, 11) is 0. The second-order valence-corrected chi connectivity index (χ2v) is 7.25. The Balaban J connectivity index is 1.60. The molecule has 0 saturated carbocycles. The zero-order valence-corrected chi connectivity index (χ0v) is 16.2. The minimum Gasteiger partial charge on any atom is -0.350 e. The number of nitrogens with zero attached hydrogens (tertiary/aromatic N) is 2. The van der Waals surface area contributed by atoms with Gasteiger partial charge in [-0.15, -0.1) is 0 Å². The summed E-state index contributed by atoms with van der Waals surface area (Å²) in [5.74, 6) is 0.371. The number of aryl methyl sites for hydroxylation is 1. The smallest absolute Gasteiger partial charge is 0.275 e. The summed E-state index contributed by atoms with van der Waals surface area (Å²) in [5.41, 5.74) is 1.49. The van der Waals surface area contributed by atoms with Crippen molar-refractivity contribution in [1.29, 1.82) is 0 Å². The Morgan fingerprint density at radius 1 is 1.14 bits per heavy atom. The first-order chi connectivity index (χ1) is 13.6. The lowest BCUT2D eigenvalue weighted by atomic mass is 10.2. The molecule has 0 bridgehead atoms. The zero-order valence-electron chi connectivity index (χ0n) is 15.4. The Hall–Kier alpha value is -2.93. The maximum absolute atomic E-state index is 13.6. The topological polar surface area (TPSA) is 64.0 Å². The van der Waals surface area contributed by atoms with Gasteiger partial charge in [-0.1, -0.05) is 36.4 Å². The van der Waals surface area contributed by atoms with E-state index in [1.165, 1.54) is 23.9 Å². The molecule has 2 aromatic carbocycles. The molecule has 1 N–H and O–H groups in total. The summed E-state index contributed by atoms with van der Waals surface area (Å²) in [4.78, 5) is 24.6. The van der Waals surface area contributed by atoms with E-state index in [4.69, 9.17) is 0 Å². The highest BCUT2D eigenvalue weighted by molar-refractivity contribution is 7.98. The molecule has 28 heavy (non-hydrogen) atoms. The molecule has 0 unspecified atom stereocenters. The molecule has 144 valence electrons. The van der Waals surface area contributed by atoms with Gasteiger partial charge >= 0.3 is 0 Å². The van der Waals surface area contributed by atoms with Crippen LogP contribution in [0.15, 0.2) is 65.5 Å². The van der Waals surface area contributed by atoms with Crippen molar-refractivity contribution in [2.24, 2.45) is 0 Å². The molecule has 1 amide bonds. The molecule has 3 aromatic rings. The molecule has 0 radical (unpaired) electrons. The van der Waals surface area contributed by atoms with Crippen molar-refractivity contribution in [3.63, 3.8) is 0 Å². The summed E-state index contributed by atoms with van der Waals surface area (Å²) in [6.45, 7) is 2.13. The molecule has 7 heteroatoms. The summed E-state index contributed by atoms with van der Waals surface area (Å²) < 4.78 is 15.1. The molecular formula is C21H20FN3O2S. The van der Waals surface area contributed by atoms with Gasteiger partial charge in [-0.25, -0.2) is 9.07 Å². The molecule has 0 fully saturated rings. The molecule has 0 aliphatic heterocycles. The molecule has 0 saturated heterocycles.